The highest BCUT2D eigenvalue weighted by molar-refractivity contribution is 8.00. The molecule has 0 amide bonds. The zero-order valence-electron chi connectivity index (χ0n) is 10.5. The summed E-state index contributed by atoms with van der Waals surface area (Å²) in [5, 5.41) is 0.362. The first kappa shape index (κ1) is 13.2. The highest BCUT2D eigenvalue weighted by atomic mass is 32.2. The molecule has 2 rings (SSSR count). The van der Waals surface area contributed by atoms with Crippen molar-refractivity contribution >= 4 is 17.9 Å². The van der Waals surface area contributed by atoms with Crippen molar-refractivity contribution < 1.29 is 14.3 Å². The van der Waals surface area contributed by atoms with Crippen molar-refractivity contribution in [2.45, 2.75) is 31.6 Å². The normalized spacial score (nSPS) is 23.1. The molecule has 18 heavy (non-hydrogen) atoms. The standard InChI is InChI=1S/C13H17NO3S/c1-9(2)12-10(6-8-18-12)16-13(15)17-11-5-3-4-7-14-11/h3-5,7,9-10,12H,6,8H2,1-2H3/t10-,12-/m1/s1. The van der Waals surface area contributed by atoms with Crippen LogP contribution in [0, 0.1) is 5.92 Å². The Balaban J connectivity index is 1.88. The number of hydrogen-bond acceptors (Lipinski definition) is 5. The van der Waals surface area contributed by atoms with Crippen molar-refractivity contribution in [2.75, 3.05) is 5.75 Å². The zero-order chi connectivity index (χ0) is 13.0. The molecule has 0 aliphatic carbocycles. The van der Waals surface area contributed by atoms with Crippen molar-refractivity contribution in [1.82, 2.24) is 4.98 Å². The van der Waals surface area contributed by atoms with Gasteiger partial charge in [-0.1, -0.05) is 19.9 Å². The van der Waals surface area contributed by atoms with E-state index in [0.29, 0.717) is 11.2 Å². The number of rotatable bonds is 3. The minimum Gasteiger partial charge on any atom is -0.429 e. The molecule has 4 nitrogen and oxygen atoms in total. The van der Waals surface area contributed by atoms with Gasteiger partial charge in [-0.05, 0) is 24.2 Å². The van der Waals surface area contributed by atoms with Crippen molar-refractivity contribution in [2.24, 2.45) is 5.92 Å². The van der Waals surface area contributed by atoms with Crippen LogP contribution in [-0.4, -0.2) is 28.2 Å². The fourth-order valence-electron chi connectivity index (χ4n) is 1.98. The number of nitrogens with zero attached hydrogens (tertiary/aromatic N) is 1. The van der Waals surface area contributed by atoms with Crippen molar-refractivity contribution in [1.29, 1.82) is 0 Å². The van der Waals surface area contributed by atoms with Gasteiger partial charge in [0.05, 0.1) is 0 Å². The van der Waals surface area contributed by atoms with Crippen LogP contribution >= 0.6 is 11.8 Å². The largest absolute Gasteiger partial charge is 0.515 e. The lowest BCUT2D eigenvalue weighted by Crippen LogP contribution is -2.30. The lowest BCUT2D eigenvalue weighted by Gasteiger charge is -2.21. The molecule has 0 bridgehead atoms. The SMILES string of the molecule is CC(C)[C@H]1SCC[C@H]1OC(=O)Oc1ccccn1. The van der Waals surface area contributed by atoms with Gasteiger partial charge in [0.15, 0.2) is 0 Å². The molecule has 0 saturated carbocycles. The van der Waals surface area contributed by atoms with Gasteiger partial charge in [-0.3, -0.25) is 0 Å². The molecule has 0 N–H and O–H groups in total. The average Bonchev–Trinajstić information content (AvgIpc) is 2.78. The maximum atomic E-state index is 11.6. The second-order valence-corrected chi connectivity index (χ2v) is 5.83. The maximum absolute atomic E-state index is 11.6. The van der Waals surface area contributed by atoms with Crippen LogP contribution in [0.25, 0.3) is 0 Å². The Morgan fingerprint density at radius 1 is 1.50 bits per heavy atom. The second kappa shape index (κ2) is 6.09. The number of hydrogen-bond donors (Lipinski definition) is 0. The topological polar surface area (TPSA) is 48.4 Å². The summed E-state index contributed by atoms with van der Waals surface area (Å²) in [5.74, 6) is 1.80. The average molecular weight is 267 g/mol. The van der Waals surface area contributed by atoms with E-state index in [-0.39, 0.29) is 12.0 Å². The minimum absolute atomic E-state index is 0.0498. The number of pyridine rings is 1. The van der Waals surface area contributed by atoms with Crippen molar-refractivity contribution in [3.63, 3.8) is 0 Å². The molecule has 5 heteroatoms. The summed E-state index contributed by atoms with van der Waals surface area (Å²) in [6.07, 6.45) is 1.76. The minimum atomic E-state index is -0.660. The molecular formula is C13H17NO3S. The highest BCUT2D eigenvalue weighted by Gasteiger charge is 2.33. The Kier molecular flexibility index (Phi) is 4.47. The first-order valence-electron chi connectivity index (χ1n) is 6.08. The van der Waals surface area contributed by atoms with E-state index in [4.69, 9.17) is 9.47 Å². The molecule has 1 aliphatic heterocycles. The van der Waals surface area contributed by atoms with Crippen LogP contribution in [0.15, 0.2) is 24.4 Å². The zero-order valence-corrected chi connectivity index (χ0v) is 11.4. The molecule has 2 heterocycles. The Hall–Kier alpha value is -1.23. The quantitative estimate of drug-likeness (QED) is 0.787. The first-order valence-corrected chi connectivity index (χ1v) is 7.13. The monoisotopic (exact) mass is 267 g/mol. The first-order chi connectivity index (χ1) is 8.66. The molecule has 98 valence electrons. The Morgan fingerprint density at radius 3 is 3.00 bits per heavy atom. The summed E-state index contributed by atoms with van der Waals surface area (Å²) < 4.78 is 10.4. The number of thioether (sulfide) groups is 1. The van der Waals surface area contributed by atoms with E-state index in [1.165, 1.54) is 0 Å². The molecule has 0 aromatic carbocycles. The molecule has 1 fully saturated rings. The third-order valence-corrected chi connectivity index (χ3v) is 4.51. The summed E-state index contributed by atoms with van der Waals surface area (Å²) in [6.45, 7) is 4.28. The maximum Gasteiger partial charge on any atom is 0.515 e. The molecule has 1 aromatic rings. The Morgan fingerprint density at radius 2 is 2.33 bits per heavy atom. The third kappa shape index (κ3) is 3.38. The molecule has 1 saturated heterocycles. The van der Waals surface area contributed by atoms with E-state index in [1.807, 2.05) is 11.8 Å². The highest BCUT2D eigenvalue weighted by Crippen LogP contribution is 2.34. The molecule has 1 aliphatic rings. The van der Waals surface area contributed by atoms with E-state index in [0.717, 1.165) is 12.2 Å². The van der Waals surface area contributed by atoms with Crippen LogP contribution in [-0.2, 0) is 4.74 Å². The fourth-order valence-corrected chi connectivity index (χ4v) is 3.41. The van der Waals surface area contributed by atoms with Gasteiger partial charge in [-0.2, -0.15) is 11.8 Å². The van der Waals surface area contributed by atoms with E-state index in [9.17, 15) is 4.79 Å². The van der Waals surface area contributed by atoms with E-state index in [1.54, 1.807) is 24.4 Å². The van der Waals surface area contributed by atoms with Gasteiger partial charge in [-0.15, -0.1) is 0 Å². The number of ether oxygens (including phenoxy) is 2. The van der Waals surface area contributed by atoms with E-state index in [2.05, 4.69) is 18.8 Å². The summed E-state index contributed by atoms with van der Waals surface area (Å²) >= 11 is 1.86. The van der Waals surface area contributed by atoms with Crippen molar-refractivity contribution in [3.05, 3.63) is 24.4 Å². The Labute approximate surface area is 111 Å². The van der Waals surface area contributed by atoms with Crippen LogP contribution in [0.5, 0.6) is 5.88 Å². The lowest BCUT2D eigenvalue weighted by molar-refractivity contribution is 0.0532. The predicted molar refractivity (Wildman–Crippen MR) is 70.8 cm³/mol. The van der Waals surface area contributed by atoms with Crippen LogP contribution in [0.1, 0.15) is 20.3 Å². The molecule has 1 aromatic heterocycles. The van der Waals surface area contributed by atoms with Crippen LogP contribution < -0.4 is 4.74 Å². The third-order valence-electron chi connectivity index (χ3n) is 2.81. The fraction of sp³-hybridized carbons (Fsp3) is 0.538. The number of aromatic nitrogens is 1. The molecular weight excluding hydrogens is 250 g/mol. The van der Waals surface area contributed by atoms with Gasteiger partial charge in [0.25, 0.3) is 0 Å². The van der Waals surface area contributed by atoms with Gasteiger partial charge >= 0.3 is 6.16 Å². The number of carbonyl (C=O) groups excluding carboxylic acids is 1. The molecule has 0 unspecified atom stereocenters. The van der Waals surface area contributed by atoms with Crippen molar-refractivity contribution in [3.8, 4) is 5.88 Å². The second-order valence-electron chi connectivity index (χ2n) is 4.54. The predicted octanol–water partition coefficient (Wildman–Crippen LogP) is 3.13. The van der Waals surface area contributed by atoms with Crippen LogP contribution in [0.3, 0.4) is 0 Å². The van der Waals surface area contributed by atoms with E-state index < -0.39 is 6.16 Å². The van der Waals surface area contributed by atoms with E-state index >= 15 is 0 Å². The van der Waals surface area contributed by atoms with Crippen LogP contribution in [0.4, 0.5) is 4.79 Å². The molecule has 2 atom stereocenters. The molecule has 0 spiro atoms. The summed E-state index contributed by atoms with van der Waals surface area (Å²) in [4.78, 5) is 15.6. The summed E-state index contributed by atoms with van der Waals surface area (Å²) in [5.41, 5.74) is 0. The lowest BCUT2D eigenvalue weighted by atomic mass is 10.0. The smallest absolute Gasteiger partial charge is 0.429 e. The van der Waals surface area contributed by atoms with Gasteiger partial charge in [0, 0.05) is 17.5 Å². The van der Waals surface area contributed by atoms with Gasteiger partial charge in [0.2, 0.25) is 5.88 Å². The van der Waals surface area contributed by atoms with Gasteiger partial charge in [-0.25, -0.2) is 9.78 Å². The number of carbonyl (C=O) groups is 1. The van der Waals surface area contributed by atoms with Gasteiger partial charge < -0.3 is 9.47 Å². The van der Waals surface area contributed by atoms with Crippen LogP contribution in [0.2, 0.25) is 0 Å². The summed E-state index contributed by atoms with van der Waals surface area (Å²) in [6, 6.07) is 5.16. The van der Waals surface area contributed by atoms with Gasteiger partial charge in [0.1, 0.15) is 6.10 Å². The molecule has 0 radical (unpaired) electrons. The Bertz CT molecular complexity index is 396. The summed E-state index contributed by atoms with van der Waals surface area (Å²) in [7, 11) is 0.